The van der Waals surface area contributed by atoms with Crippen molar-refractivity contribution in [1.82, 2.24) is 0 Å². The average molecular weight is 290 g/mol. The SMILES string of the molecule is CCC(C)(C)C1CCC(O)C(Oc2cccc(C)c2C)C1. The Hall–Kier alpha value is -1.02. The molecule has 0 bridgehead atoms. The van der Waals surface area contributed by atoms with Gasteiger partial charge in [0.05, 0.1) is 6.10 Å². The van der Waals surface area contributed by atoms with Gasteiger partial charge in [-0.05, 0) is 61.6 Å². The van der Waals surface area contributed by atoms with Gasteiger partial charge in [0.25, 0.3) is 0 Å². The normalized spacial score (nSPS) is 26.7. The lowest BCUT2D eigenvalue weighted by molar-refractivity contribution is -0.0336. The molecule has 1 aromatic rings. The molecule has 1 saturated carbocycles. The van der Waals surface area contributed by atoms with E-state index in [1.165, 1.54) is 17.5 Å². The fourth-order valence-electron chi connectivity index (χ4n) is 3.25. The summed E-state index contributed by atoms with van der Waals surface area (Å²) in [5, 5.41) is 10.3. The summed E-state index contributed by atoms with van der Waals surface area (Å²) in [7, 11) is 0. The predicted molar refractivity (Wildman–Crippen MR) is 87.8 cm³/mol. The van der Waals surface area contributed by atoms with Crippen molar-refractivity contribution in [3.63, 3.8) is 0 Å². The average Bonchev–Trinajstić information content (AvgIpc) is 2.46. The third kappa shape index (κ3) is 3.60. The first kappa shape index (κ1) is 16.4. The second-order valence-electron chi connectivity index (χ2n) is 7.27. The van der Waals surface area contributed by atoms with E-state index in [9.17, 15) is 5.11 Å². The summed E-state index contributed by atoms with van der Waals surface area (Å²) >= 11 is 0. The van der Waals surface area contributed by atoms with Crippen LogP contribution >= 0.6 is 0 Å². The summed E-state index contributed by atoms with van der Waals surface area (Å²) in [5.74, 6) is 1.55. The lowest BCUT2D eigenvalue weighted by Crippen LogP contribution is -2.42. The molecule has 21 heavy (non-hydrogen) atoms. The van der Waals surface area contributed by atoms with Crippen LogP contribution in [-0.2, 0) is 0 Å². The highest BCUT2D eigenvalue weighted by Gasteiger charge is 2.37. The minimum absolute atomic E-state index is 0.0740. The van der Waals surface area contributed by atoms with Gasteiger partial charge in [-0.2, -0.15) is 0 Å². The van der Waals surface area contributed by atoms with Gasteiger partial charge in [0.15, 0.2) is 0 Å². The molecule has 0 aromatic heterocycles. The molecule has 1 aliphatic carbocycles. The Morgan fingerprint density at radius 3 is 2.62 bits per heavy atom. The lowest BCUT2D eigenvalue weighted by Gasteiger charge is -2.41. The van der Waals surface area contributed by atoms with Gasteiger partial charge in [-0.25, -0.2) is 0 Å². The summed E-state index contributed by atoms with van der Waals surface area (Å²) in [5.41, 5.74) is 2.74. The van der Waals surface area contributed by atoms with Gasteiger partial charge in [-0.15, -0.1) is 0 Å². The fraction of sp³-hybridized carbons (Fsp3) is 0.684. The zero-order valence-corrected chi connectivity index (χ0v) is 14.1. The molecule has 1 aliphatic rings. The van der Waals surface area contributed by atoms with Crippen molar-refractivity contribution in [2.75, 3.05) is 0 Å². The molecule has 2 rings (SSSR count). The highest BCUT2D eigenvalue weighted by atomic mass is 16.5. The highest BCUT2D eigenvalue weighted by Crippen LogP contribution is 2.41. The summed E-state index contributed by atoms with van der Waals surface area (Å²) in [6, 6.07) is 6.15. The van der Waals surface area contributed by atoms with Gasteiger partial charge in [-0.3, -0.25) is 0 Å². The Labute approximate surface area is 129 Å². The number of rotatable bonds is 4. The number of aliphatic hydroxyl groups excluding tert-OH is 1. The van der Waals surface area contributed by atoms with Gasteiger partial charge in [-0.1, -0.05) is 39.3 Å². The summed E-state index contributed by atoms with van der Waals surface area (Å²) in [6.07, 6.45) is 3.67. The van der Waals surface area contributed by atoms with E-state index in [1.54, 1.807) is 0 Å². The maximum Gasteiger partial charge on any atom is 0.125 e. The monoisotopic (exact) mass is 290 g/mol. The van der Waals surface area contributed by atoms with Crippen molar-refractivity contribution in [3.05, 3.63) is 29.3 Å². The molecule has 0 heterocycles. The lowest BCUT2D eigenvalue weighted by atomic mass is 9.68. The molecule has 0 spiro atoms. The van der Waals surface area contributed by atoms with E-state index in [0.29, 0.717) is 11.3 Å². The van der Waals surface area contributed by atoms with E-state index in [2.05, 4.69) is 40.7 Å². The molecule has 0 radical (unpaired) electrons. The number of ether oxygens (including phenoxy) is 1. The fourth-order valence-corrected chi connectivity index (χ4v) is 3.25. The molecule has 0 aliphatic heterocycles. The molecular formula is C19H30O2. The Morgan fingerprint density at radius 1 is 1.24 bits per heavy atom. The topological polar surface area (TPSA) is 29.5 Å². The maximum absolute atomic E-state index is 10.3. The number of hydrogen-bond donors (Lipinski definition) is 1. The van der Waals surface area contributed by atoms with Crippen molar-refractivity contribution < 1.29 is 9.84 Å². The van der Waals surface area contributed by atoms with Gasteiger partial charge in [0.2, 0.25) is 0 Å². The first-order valence-corrected chi connectivity index (χ1v) is 8.26. The molecule has 3 atom stereocenters. The van der Waals surface area contributed by atoms with Crippen molar-refractivity contribution in [3.8, 4) is 5.75 Å². The third-order valence-electron chi connectivity index (χ3n) is 5.61. The van der Waals surface area contributed by atoms with Crippen molar-refractivity contribution in [2.45, 2.75) is 72.5 Å². The minimum Gasteiger partial charge on any atom is -0.487 e. The van der Waals surface area contributed by atoms with Crippen LogP contribution in [0.4, 0.5) is 0 Å². The molecular weight excluding hydrogens is 260 g/mol. The number of hydrogen-bond acceptors (Lipinski definition) is 2. The Bertz CT molecular complexity index is 478. The van der Waals surface area contributed by atoms with Crippen LogP contribution in [0.1, 0.15) is 57.6 Å². The zero-order chi connectivity index (χ0) is 15.6. The Kier molecular flexibility index (Phi) is 4.98. The molecule has 1 fully saturated rings. The highest BCUT2D eigenvalue weighted by molar-refractivity contribution is 5.38. The first-order valence-electron chi connectivity index (χ1n) is 8.26. The molecule has 2 nitrogen and oxygen atoms in total. The molecule has 3 unspecified atom stereocenters. The van der Waals surface area contributed by atoms with Crippen LogP contribution in [0, 0.1) is 25.2 Å². The summed E-state index contributed by atoms with van der Waals surface area (Å²) < 4.78 is 6.20. The number of benzene rings is 1. The smallest absolute Gasteiger partial charge is 0.125 e. The van der Waals surface area contributed by atoms with E-state index < -0.39 is 0 Å². The second-order valence-corrected chi connectivity index (χ2v) is 7.27. The number of aryl methyl sites for hydroxylation is 1. The first-order chi connectivity index (χ1) is 9.85. The molecule has 0 saturated heterocycles. The van der Waals surface area contributed by atoms with E-state index in [4.69, 9.17) is 4.74 Å². The van der Waals surface area contributed by atoms with Crippen molar-refractivity contribution in [2.24, 2.45) is 11.3 Å². The Morgan fingerprint density at radius 2 is 1.95 bits per heavy atom. The largest absolute Gasteiger partial charge is 0.487 e. The van der Waals surface area contributed by atoms with E-state index in [1.807, 2.05) is 12.1 Å². The van der Waals surface area contributed by atoms with Crippen LogP contribution in [-0.4, -0.2) is 17.3 Å². The third-order valence-corrected chi connectivity index (χ3v) is 5.61. The molecule has 118 valence electrons. The van der Waals surface area contributed by atoms with Crippen molar-refractivity contribution >= 4 is 0 Å². The maximum atomic E-state index is 10.3. The van der Waals surface area contributed by atoms with Crippen LogP contribution in [0.15, 0.2) is 18.2 Å². The van der Waals surface area contributed by atoms with Crippen LogP contribution in [0.25, 0.3) is 0 Å². The standard InChI is InChI=1S/C19H30O2/c1-6-19(4,5)15-10-11-16(20)18(12-15)21-17-9-7-8-13(2)14(17)3/h7-9,15-16,18,20H,6,10-12H2,1-5H3. The van der Waals surface area contributed by atoms with Gasteiger partial charge >= 0.3 is 0 Å². The van der Waals surface area contributed by atoms with E-state index in [-0.39, 0.29) is 12.2 Å². The second kappa shape index (κ2) is 6.39. The molecule has 1 N–H and O–H groups in total. The van der Waals surface area contributed by atoms with Gasteiger partial charge in [0.1, 0.15) is 11.9 Å². The van der Waals surface area contributed by atoms with Crippen LogP contribution in [0.5, 0.6) is 5.75 Å². The van der Waals surface area contributed by atoms with E-state index >= 15 is 0 Å². The molecule has 1 aromatic carbocycles. The van der Waals surface area contributed by atoms with Crippen LogP contribution in [0.3, 0.4) is 0 Å². The zero-order valence-electron chi connectivity index (χ0n) is 14.1. The quantitative estimate of drug-likeness (QED) is 0.874. The summed E-state index contributed by atoms with van der Waals surface area (Å²) in [4.78, 5) is 0. The number of aliphatic hydroxyl groups is 1. The summed E-state index contributed by atoms with van der Waals surface area (Å²) in [6.45, 7) is 11.1. The minimum atomic E-state index is -0.339. The van der Waals surface area contributed by atoms with Gasteiger partial charge < -0.3 is 9.84 Å². The van der Waals surface area contributed by atoms with Gasteiger partial charge in [0, 0.05) is 0 Å². The van der Waals surface area contributed by atoms with Crippen LogP contribution < -0.4 is 4.74 Å². The molecule has 2 heteroatoms. The van der Waals surface area contributed by atoms with Crippen LogP contribution in [0.2, 0.25) is 0 Å². The van der Waals surface area contributed by atoms with Crippen molar-refractivity contribution in [1.29, 1.82) is 0 Å². The molecule has 0 amide bonds. The Balaban J connectivity index is 2.12. The predicted octanol–water partition coefficient (Wildman–Crippen LogP) is 4.65. The van der Waals surface area contributed by atoms with E-state index in [0.717, 1.165) is 25.0 Å².